The molecule has 108 valence electrons. The summed E-state index contributed by atoms with van der Waals surface area (Å²) in [5.74, 6) is 0.244. The predicted octanol–water partition coefficient (Wildman–Crippen LogP) is 4.43. The van der Waals surface area contributed by atoms with E-state index in [1.807, 2.05) is 12.1 Å². The Morgan fingerprint density at radius 3 is 2.77 bits per heavy atom. The second-order valence-corrected chi connectivity index (χ2v) is 5.79. The van der Waals surface area contributed by atoms with E-state index in [1.165, 1.54) is 21.9 Å². The molecule has 2 nitrogen and oxygen atoms in total. The normalized spacial score (nSPS) is 13.7. The van der Waals surface area contributed by atoms with Crippen molar-refractivity contribution in [3.05, 3.63) is 77.4 Å². The lowest BCUT2D eigenvalue weighted by Crippen LogP contribution is -2.18. The maximum atomic E-state index is 12.1. The Morgan fingerprint density at radius 2 is 1.82 bits per heavy atom. The number of Topliss-reactive ketones (excluding diaryl/α,β-unsaturated/α-hetero) is 1. The molecule has 0 aliphatic carbocycles. The number of benzene rings is 3. The minimum Gasteiger partial charge on any atom is -0.384 e. The number of nitrogens with one attached hydrogen (secondary N) is 1. The SMILES string of the molecule is O=C1CCNc2ccc(Cc3cccc4ccccc34)cc21. The minimum atomic E-state index is 0.244. The van der Waals surface area contributed by atoms with Gasteiger partial charge in [0, 0.05) is 24.2 Å². The molecule has 3 aromatic rings. The molecule has 0 radical (unpaired) electrons. The molecular formula is C20H17NO. The smallest absolute Gasteiger partial charge is 0.166 e. The Morgan fingerprint density at radius 1 is 0.955 bits per heavy atom. The van der Waals surface area contributed by atoms with Crippen molar-refractivity contribution in [1.29, 1.82) is 0 Å². The molecule has 0 spiro atoms. The molecule has 22 heavy (non-hydrogen) atoms. The van der Waals surface area contributed by atoms with Crippen molar-refractivity contribution in [2.45, 2.75) is 12.8 Å². The summed E-state index contributed by atoms with van der Waals surface area (Å²) in [6, 6.07) is 21.0. The Balaban J connectivity index is 1.74. The molecule has 0 saturated carbocycles. The summed E-state index contributed by atoms with van der Waals surface area (Å²) >= 11 is 0. The molecule has 0 unspecified atom stereocenters. The molecule has 0 fully saturated rings. The minimum absolute atomic E-state index is 0.244. The average Bonchev–Trinajstić information content (AvgIpc) is 2.56. The van der Waals surface area contributed by atoms with E-state index in [4.69, 9.17) is 0 Å². The van der Waals surface area contributed by atoms with Crippen molar-refractivity contribution < 1.29 is 4.79 Å². The highest BCUT2D eigenvalue weighted by atomic mass is 16.1. The van der Waals surface area contributed by atoms with E-state index >= 15 is 0 Å². The van der Waals surface area contributed by atoms with Crippen molar-refractivity contribution in [3.63, 3.8) is 0 Å². The molecular weight excluding hydrogens is 270 g/mol. The van der Waals surface area contributed by atoms with Gasteiger partial charge in [0.05, 0.1) is 0 Å². The van der Waals surface area contributed by atoms with Gasteiger partial charge in [0.1, 0.15) is 0 Å². The number of hydrogen-bond acceptors (Lipinski definition) is 2. The molecule has 3 aromatic carbocycles. The van der Waals surface area contributed by atoms with Gasteiger partial charge in [-0.15, -0.1) is 0 Å². The third kappa shape index (κ3) is 2.27. The van der Waals surface area contributed by atoms with Crippen molar-refractivity contribution >= 4 is 22.2 Å². The first-order chi connectivity index (χ1) is 10.8. The number of carbonyl (C=O) groups excluding carboxylic acids is 1. The van der Waals surface area contributed by atoms with E-state index in [-0.39, 0.29) is 5.78 Å². The number of fused-ring (bicyclic) bond motifs is 2. The van der Waals surface area contributed by atoms with Gasteiger partial charge >= 0.3 is 0 Å². The van der Waals surface area contributed by atoms with Gasteiger partial charge in [0.2, 0.25) is 0 Å². The quantitative estimate of drug-likeness (QED) is 0.755. The molecule has 1 aliphatic rings. The Kier molecular flexibility index (Phi) is 3.15. The molecule has 1 heterocycles. The fourth-order valence-electron chi connectivity index (χ4n) is 3.20. The maximum Gasteiger partial charge on any atom is 0.166 e. The van der Waals surface area contributed by atoms with Gasteiger partial charge in [0.25, 0.3) is 0 Å². The molecule has 1 aliphatic heterocycles. The van der Waals surface area contributed by atoms with Crippen molar-refractivity contribution in [1.82, 2.24) is 0 Å². The topological polar surface area (TPSA) is 29.1 Å². The number of rotatable bonds is 2. The van der Waals surface area contributed by atoms with Crippen LogP contribution in [-0.4, -0.2) is 12.3 Å². The van der Waals surface area contributed by atoms with Crippen LogP contribution in [-0.2, 0) is 6.42 Å². The maximum absolute atomic E-state index is 12.1. The Bertz CT molecular complexity index is 861. The summed E-state index contributed by atoms with van der Waals surface area (Å²) in [6.07, 6.45) is 1.44. The van der Waals surface area contributed by atoms with Crippen LogP contribution in [0.2, 0.25) is 0 Å². The summed E-state index contributed by atoms with van der Waals surface area (Å²) in [7, 11) is 0. The summed E-state index contributed by atoms with van der Waals surface area (Å²) in [4.78, 5) is 12.1. The molecule has 2 heteroatoms. The third-order valence-electron chi connectivity index (χ3n) is 4.33. The van der Waals surface area contributed by atoms with E-state index < -0.39 is 0 Å². The van der Waals surface area contributed by atoms with Crippen LogP contribution in [0.1, 0.15) is 27.9 Å². The zero-order valence-electron chi connectivity index (χ0n) is 12.3. The third-order valence-corrected chi connectivity index (χ3v) is 4.33. The lowest BCUT2D eigenvalue weighted by atomic mass is 9.94. The van der Waals surface area contributed by atoms with Gasteiger partial charge in [-0.05, 0) is 40.5 Å². The lowest BCUT2D eigenvalue weighted by molar-refractivity contribution is 0.0983. The molecule has 4 rings (SSSR count). The zero-order chi connectivity index (χ0) is 14.9. The number of anilines is 1. The molecule has 0 aromatic heterocycles. The Labute approximate surface area is 129 Å². The van der Waals surface area contributed by atoms with E-state index in [0.29, 0.717) is 6.42 Å². The summed E-state index contributed by atoms with van der Waals surface area (Å²) in [6.45, 7) is 0.745. The van der Waals surface area contributed by atoms with Crippen LogP contribution in [0.3, 0.4) is 0 Å². The van der Waals surface area contributed by atoms with E-state index in [1.54, 1.807) is 0 Å². The predicted molar refractivity (Wildman–Crippen MR) is 90.6 cm³/mol. The monoisotopic (exact) mass is 287 g/mol. The average molecular weight is 287 g/mol. The van der Waals surface area contributed by atoms with Gasteiger partial charge in [0.15, 0.2) is 5.78 Å². The summed E-state index contributed by atoms with van der Waals surface area (Å²) in [5.41, 5.74) is 4.29. The van der Waals surface area contributed by atoms with Crippen molar-refractivity contribution in [3.8, 4) is 0 Å². The van der Waals surface area contributed by atoms with Gasteiger partial charge in [-0.2, -0.15) is 0 Å². The number of ketones is 1. The fraction of sp³-hybridized carbons (Fsp3) is 0.150. The van der Waals surface area contributed by atoms with Crippen LogP contribution in [0.4, 0.5) is 5.69 Å². The zero-order valence-corrected chi connectivity index (χ0v) is 12.3. The lowest BCUT2D eigenvalue weighted by Gasteiger charge is -2.18. The van der Waals surface area contributed by atoms with E-state index in [0.717, 1.165) is 24.2 Å². The first-order valence-electron chi connectivity index (χ1n) is 7.68. The largest absolute Gasteiger partial charge is 0.384 e. The summed E-state index contributed by atoms with van der Waals surface area (Å²) < 4.78 is 0. The molecule has 0 atom stereocenters. The number of carbonyl (C=O) groups is 1. The van der Waals surface area contributed by atoms with Gasteiger partial charge in [-0.25, -0.2) is 0 Å². The van der Waals surface area contributed by atoms with Crippen LogP contribution >= 0.6 is 0 Å². The van der Waals surface area contributed by atoms with Crippen LogP contribution in [0.25, 0.3) is 10.8 Å². The van der Waals surface area contributed by atoms with Gasteiger partial charge in [-0.3, -0.25) is 4.79 Å². The first-order valence-corrected chi connectivity index (χ1v) is 7.68. The summed E-state index contributed by atoms with van der Waals surface area (Å²) in [5, 5.41) is 5.84. The van der Waals surface area contributed by atoms with Crippen molar-refractivity contribution in [2.75, 3.05) is 11.9 Å². The van der Waals surface area contributed by atoms with Crippen LogP contribution in [0.5, 0.6) is 0 Å². The van der Waals surface area contributed by atoms with Crippen LogP contribution in [0.15, 0.2) is 60.7 Å². The Hall–Kier alpha value is -2.61. The van der Waals surface area contributed by atoms with Crippen molar-refractivity contribution in [2.24, 2.45) is 0 Å². The van der Waals surface area contributed by atoms with Gasteiger partial charge in [-0.1, -0.05) is 48.5 Å². The fourth-order valence-corrected chi connectivity index (χ4v) is 3.20. The molecule has 0 saturated heterocycles. The number of hydrogen-bond donors (Lipinski definition) is 1. The molecule has 0 bridgehead atoms. The highest BCUT2D eigenvalue weighted by Crippen LogP contribution is 2.26. The second kappa shape index (κ2) is 5.30. The van der Waals surface area contributed by atoms with Gasteiger partial charge < -0.3 is 5.32 Å². The second-order valence-electron chi connectivity index (χ2n) is 5.79. The molecule has 0 amide bonds. The first kappa shape index (κ1) is 13.1. The van der Waals surface area contributed by atoms with Crippen LogP contribution < -0.4 is 5.32 Å². The van der Waals surface area contributed by atoms with E-state index in [2.05, 4.69) is 53.8 Å². The highest BCUT2D eigenvalue weighted by Gasteiger charge is 2.16. The van der Waals surface area contributed by atoms with E-state index in [9.17, 15) is 4.79 Å². The van der Waals surface area contributed by atoms with Crippen LogP contribution in [0, 0.1) is 0 Å². The highest BCUT2D eigenvalue weighted by molar-refractivity contribution is 6.03. The standard InChI is InChI=1S/C20H17NO/c22-20-10-11-21-19-9-8-14(13-18(19)20)12-16-6-3-5-15-4-1-2-7-17(15)16/h1-9,13,21H,10-12H2. The molecule has 1 N–H and O–H groups in total.